The monoisotopic (exact) mass is 430 g/mol. The van der Waals surface area contributed by atoms with Crippen LogP contribution in [0.1, 0.15) is 47.0 Å². The first kappa shape index (κ1) is 27.0. The largest absolute Gasteiger partial charge is 0.480 e. The Labute approximate surface area is 176 Å². The molecule has 172 valence electrons. The lowest BCUT2D eigenvalue weighted by atomic mass is 10.1. The minimum atomic E-state index is -1.18. The number of aliphatic carboxylic acids is 1. The van der Waals surface area contributed by atoms with Gasteiger partial charge in [0.15, 0.2) is 0 Å². The van der Waals surface area contributed by atoms with Gasteiger partial charge in [-0.25, -0.2) is 14.4 Å². The number of amides is 6. The van der Waals surface area contributed by atoms with Crippen molar-refractivity contribution in [3.63, 3.8) is 0 Å². The summed E-state index contributed by atoms with van der Waals surface area (Å²) in [6, 6.07) is -2.24. The molecule has 0 aromatic rings. The first-order valence-corrected chi connectivity index (χ1v) is 9.88. The molecule has 0 saturated carbocycles. The molecular weight excluding hydrogens is 396 g/mol. The number of hydrogen-bond acceptors (Lipinski definition) is 5. The molecule has 0 aromatic heterocycles. The van der Waals surface area contributed by atoms with Crippen molar-refractivity contribution in [1.29, 1.82) is 0 Å². The van der Waals surface area contributed by atoms with E-state index in [-0.39, 0.29) is 43.4 Å². The van der Waals surface area contributed by atoms with E-state index in [1.54, 1.807) is 27.7 Å². The third-order valence-corrected chi connectivity index (χ3v) is 3.88. The van der Waals surface area contributed by atoms with Crippen LogP contribution in [0.3, 0.4) is 0 Å². The molecule has 12 nitrogen and oxygen atoms in total. The van der Waals surface area contributed by atoms with Crippen LogP contribution in [-0.2, 0) is 14.4 Å². The van der Waals surface area contributed by atoms with Gasteiger partial charge in [-0.1, -0.05) is 27.7 Å². The Balaban J connectivity index is 3.99. The van der Waals surface area contributed by atoms with Crippen molar-refractivity contribution in [3.05, 3.63) is 0 Å². The Morgan fingerprint density at radius 3 is 1.67 bits per heavy atom. The lowest BCUT2D eigenvalue weighted by Gasteiger charge is -2.16. The second-order valence-corrected chi connectivity index (χ2v) is 7.21. The van der Waals surface area contributed by atoms with Gasteiger partial charge >= 0.3 is 18.0 Å². The van der Waals surface area contributed by atoms with Crippen LogP contribution in [0.25, 0.3) is 0 Å². The van der Waals surface area contributed by atoms with Gasteiger partial charge in [-0.15, -0.1) is 0 Å². The number of carboxylic acid groups (broad SMARTS) is 1. The Bertz CT molecular complexity index is 596. The average Bonchev–Trinajstić information content (AvgIpc) is 2.66. The van der Waals surface area contributed by atoms with E-state index in [1.807, 2.05) is 0 Å². The molecule has 0 aliphatic rings. The van der Waals surface area contributed by atoms with E-state index in [1.165, 1.54) is 0 Å². The van der Waals surface area contributed by atoms with Crippen LogP contribution in [0.2, 0.25) is 0 Å². The Kier molecular flexibility index (Phi) is 13.4. The maximum atomic E-state index is 11.7. The molecule has 0 radical (unpaired) electrons. The van der Waals surface area contributed by atoms with Crippen LogP contribution < -0.4 is 31.9 Å². The molecular formula is C18H34N6O6. The van der Waals surface area contributed by atoms with Crippen molar-refractivity contribution in [1.82, 2.24) is 31.9 Å². The summed E-state index contributed by atoms with van der Waals surface area (Å²) in [5.74, 6) is -1.98. The van der Waals surface area contributed by atoms with Gasteiger partial charge in [0.1, 0.15) is 6.04 Å². The van der Waals surface area contributed by atoms with Gasteiger partial charge in [0.25, 0.3) is 0 Å². The van der Waals surface area contributed by atoms with Crippen molar-refractivity contribution in [2.45, 2.75) is 53.0 Å². The predicted molar refractivity (Wildman–Crippen MR) is 109 cm³/mol. The van der Waals surface area contributed by atoms with Crippen molar-refractivity contribution in [3.8, 4) is 0 Å². The number of urea groups is 2. The molecule has 6 amide bonds. The van der Waals surface area contributed by atoms with Crippen LogP contribution in [0.5, 0.6) is 0 Å². The van der Waals surface area contributed by atoms with Crippen LogP contribution in [0.4, 0.5) is 9.59 Å². The summed E-state index contributed by atoms with van der Waals surface area (Å²) in [4.78, 5) is 57.3. The summed E-state index contributed by atoms with van der Waals surface area (Å²) in [5.41, 5.74) is 0. The van der Waals surface area contributed by atoms with E-state index in [0.717, 1.165) is 0 Å². The molecule has 0 aliphatic heterocycles. The smallest absolute Gasteiger partial charge is 0.326 e. The number of carbonyl (C=O) groups excluding carboxylic acids is 4. The van der Waals surface area contributed by atoms with Gasteiger partial charge in [0.05, 0.1) is 13.3 Å². The van der Waals surface area contributed by atoms with Crippen LogP contribution >= 0.6 is 0 Å². The van der Waals surface area contributed by atoms with Crippen LogP contribution in [0.15, 0.2) is 0 Å². The summed E-state index contributed by atoms with van der Waals surface area (Å²) < 4.78 is 0. The van der Waals surface area contributed by atoms with E-state index in [2.05, 4.69) is 31.9 Å². The van der Waals surface area contributed by atoms with Gasteiger partial charge in [-0.2, -0.15) is 0 Å². The highest BCUT2D eigenvalue weighted by Gasteiger charge is 2.19. The highest BCUT2D eigenvalue weighted by Crippen LogP contribution is 2.01. The molecule has 1 atom stereocenters. The molecule has 0 bridgehead atoms. The SMILES string of the molecule is CC(C)C(=O)NCNC(=O)NCCCCC(NC(=O)NCNC(=O)C(C)C)C(=O)O. The topological polar surface area (TPSA) is 178 Å². The average molecular weight is 431 g/mol. The molecule has 12 heteroatoms. The third-order valence-electron chi connectivity index (χ3n) is 3.88. The predicted octanol–water partition coefficient (Wildman–Crippen LogP) is -0.332. The number of rotatable bonds is 13. The highest BCUT2D eigenvalue weighted by atomic mass is 16.4. The first-order chi connectivity index (χ1) is 14.0. The standard InChI is InChI=1S/C18H34N6O6/c1-11(2)14(25)20-9-22-17(29)19-8-6-5-7-13(16(27)28)24-18(30)23-10-21-15(26)12(3)4/h11-13H,5-10H2,1-4H3,(H,20,25)(H,21,26)(H,27,28)(H2,19,22,29)(H2,23,24,30). The molecule has 0 aromatic carbocycles. The maximum Gasteiger partial charge on any atom is 0.326 e. The van der Waals surface area contributed by atoms with E-state index in [9.17, 15) is 29.1 Å². The van der Waals surface area contributed by atoms with E-state index in [4.69, 9.17) is 0 Å². The van der Waals surface area contributed by atoms with Crippen molar-refractivity contribution in [2.24, 2.45) is 11.8 Å². The summed E-state index contributed by atoms with van der Waals surface area (Å²) >= 11 is 0. The number of carbonyl (C=O) groups is 5. The van der Waals surface area contributed by atoms with E-state index in [0.29, 0.717) is 19.4 Å². The van der Waals surface area contributed by atoms with Gasteiger partial charge in [0.2, 0.25) is 11.8 Å². The molecule has 30 heavy (non-hydrogen) atoms. The normalized spacial score (nSPS) is 11.4. The van der Waals surface area contributed by atoms with Crippen molar-refractivity contribution in [2.75, 3.05) is 19.9 Å². The third kappa shape index (κ3) is 13.2. The zero-order valence-electron chi connectivity index (χ0n) is 18.0. The number of nitrogens with one attached hydrogen (secondary N) is 6. The van der Waals surface area contributed by atoms with Crippen molar-refractivity contribution < 1.29 is 29.1 Å². The molecule has 0 rings (SSSR count). The molecule has 0 saturated heterocycles. The fourth-order valence-corrected chi connectivity index (χ4v) is 2.04. The molecule has 0 aliphatic carbocycles. The van der Waals surface area contributed by atoms with E-state index >= 15 is 0 Å². The summed E-state index contributed by atoms with van der Waals surface area (Å²) in [6.07, 6.45) is 1.13. The molecule has 0 fully saturated rings. The highest BCUT2D eigenvalue weighted by molar-refractivity contribution is 5.83. The minimum absolute atomic E-state index is 0.0145. The van der Waals surface area contributed by atoms with Gasteiger partial charge < -0.3 is 37.0 Å². The zero-order valence-corrected chi connectivity index (χ0v) is 18.0. The number of hydrogen-bond donors (Lipinski definition) is 7. The molecule has 1 unspecified atom stereocenters. The fourth-order valence-electron chi connectivity index (χ4n) is 2.04. The Hall–Kier alpha value is -3.05. The molecule has 7 N–H and O–H groups in total. The Morgan fingerprint density at radius 2 is 1.20 bits per heavy atom. The fraction of sp³-hybridized carbons (Fsp3) is 0.722. The lowest BCUT2D eigenvalue weighted by Crippen LogP contribution is -2.49. The molecule has 0 spiro atoms. The second-order valence-electron chi connectivity index (χ2n) is 7.21. The van der Waals surface area contributed by atoms with Gasteiger partial charge in [-0.3, -0.25) is 9.59 Å². The number of unbranched alkanes of at least 4 members (excludes halogenated alkanes) is 1. The molecule has 0 heterocycles. The van der Waals surface area contributed by atoms with Crippen LogP contribution in [0, 0.1) is 11.8 Å². The maximum absolute atomic E-state index is 11.7. The Morgan fingerprint density at radius 1 is 0.700 bits per heavy atom. The summed E-state index contributed by atoms with van der Waals surface area (Å²) in [6.45, 7) is 7.11. The summed E-state index contributed by atoms with van der Waals surface area (Å²) in [5, 5.41) is 24.0. The first-order valence-electron chi connectivity index (χ1n) is 9.88. The zero-order chi connectivity index (χ0) is 23.1. The van der Waals surface area contributed by atoms with Crippen molar-refractivity contribution >= 4 is 29.8 Å². The van der Waals surface area contributed by atoms with Gasteiger partial charge in [-0.05, 0) is 19.3 Å². The van der Waals surface area contributed by atoms with Gasteiger partial charge in [0, 0.05) is 18.4 Å². The quantitative estimate of drug-likeness (QED) is 0.155. The summed E-state index contributed by atoms with van der Waals surface area (Å²) in [7, 11) is 0. The number of carboxylic acids is 1. The second kappa shape index (κ2) is 14.9. The van der Waals surface area contributed by atoms with E-state index < -0.39 is 24.1 Å². The van der Waals surface area contributed by atoms with Crippen LogP contribution in [-0.4, -0.2) is 60.9 Å². The minimum Gasteiger partial charge on any atom is -0.480 e. The lowest BCUT2D eigenvalue weighted by molar-refractivity contribution is -0.139.